The maximum atomic E-state index is 5.57. The van der Waals surface area contributed by atoms with E-state index in [2.05, 4.69) is 10.1 Å². The van der Waals surface area contributed by atoms with Crippen LogP contribution in [0.1, 0.15) is 51.7 Å². The van der Waals surface area contributed by atoms with Gasteiger partial charge in [0.05, 0.1) is 0 Å². The van der Waals surface area contributed by atoms with Gasteiger partial charge in [0.2, 0.25) is 11.7 Å². The summed E-state index contributed by atoms with van der Waals surface area (Å²) in [5.74, 6) is 1.30. The zero-order chi connectivity index (χ0) is 12.7. The van der Waals surface area contributed by atoms with Crippen LogP contribution in [0.5, 0.6) is 0 Å². The molecule has 0 aliphatic heterocycles. The van der Waals surface area contributed by atoms with E-state index in [1.54, 1.807) is 0 Å². The number of nitrogens with zero attached hydrogens (tertiary/aromatic N) is 2. The largest absolute Gasteiger partial charge is 0.368 e. The lowest BCUT2D eigenvalue weighted by Crippen LogP contribution is -2.23. The quantitative estimate of drug-likeness (QED) is 0.705. The Morgan fingerprint density at radius 1 is 1.29 bits per heavy atom. The van der Waals surface area contributed by atoms with Crippen LogP contribution in [-0.2, 0) is 16.8 Å². The lowest BCUT2D eigenvalue weighted by atomic mass is 10.1. The number of unbranched alkanes of at least 4 members (excludes halogenated alkanes) is 2. The molecule has 1 aromatic rings. The number of aromatic nitrogens is 2. The summed E-state index contributed by atoms with van der Waals surface area (Å²) in [6.07, 6.45) is 4.00. The third-order valence-electron chi connectivity index (χ3n) is 2.61. The van der Waals surface area contributed by atoms with Crippen molar-refractivity contribution in [2.24, 2.45) is 5.73 Å². The Hall–Kier alpha value is -0.940. The first-order chi connectivity index (χ1) is 8.10. The van der Waals surface area contributed by atoms with Gasteiger partial charge in [-0.05, 0) is 40.2 Å². The van der Waals surface area contributed by atoms with Crippen molar-refractivity contribution in [3.05, 3.63) is 11.7 Å². The van der Waals surface area contributed by atoms with Crippen LogP contribution >= 0.6 is 0 Å². The Morgan fingerprint density at radius 2 is 2.06 bits per heavy atom. The number of hydrogen-bond acceptors (Lipinski definition) is 5. The predicted octanol–water partition coefficient (Wildman–Crippen LogP) is 2.01. The highest BCUT2D eigenvalue weighted by molar-refractivity contribution is 4.97. The smallest absolute Gasteiger partial charge is 0.226 e. The molecule has 2 N–H and O–H groups in total. The van der Waals surface area contributed by atoms with Crippen molar-refractivity contribution < 1.29 is 9.26 Å². The molecule has 0 aliphatic carbocycles. The fourth-order valence-electron chi connectivity index (χ4n) is 1.62. The van der Waals surface area contributed by atoms with Gasteiger partial charge >= 0.3 is 0 Å². The van der Waals surface area contributed by atoms with E-state index < -0.39 is 5.60 Å². The van der Waals surface area contributed by atoms with E-state index in [0.717, 1.165) is 32.2 Å². The number of rotatable bonds is 8. The van der Waals surface area contributed by atoms with E-state index in [0.29, 0.717) is 18.3 Å². The van der Waals surface area contributed by atoms with Gasteiger partial charge in [-0.2, -0.15) is 4.98 Å². The number of aryl methyl sites for hydroxylation is 1. The molecular formula is C12H23N3O2. The normalized spacial score (nSPS) is 12.0. The Balaban J connectivity index is 2.47. The SMILES string of the molecule is CCOC(C)(C)c1noc(CCCCCN)n1. The van der Waals surface area contributed by atoms with E-state index >= 15 is 0 Å². The molecule has 0 radical (unpaired) electrons. The molecule has 1 heterocycles. The second-order valence-corrected chi connectivity index (χ2v) is 4.55. The van der Waals surface area contributed by atoms with Crippen LogP contribution in [0.15, 0.2) is 4.52 Å². The molecule has 0 unspecified atom stereocenters. The van der Waals surface area contributed by atoms with E-state index in [1.807, 2.05) is 20.8 Å². The van der Waals surface area contributed by atoms with Crippen molar-refractivity contribution in [1.82, 2.24) is 10.1 Å². The van der Waals surface area contributed by atoms with Gasteiger partial charge in [0.15, 0.2) is 0 Å². The highest BCUT2D eigenvalue weighted by Gasteiger charge is 2.26. The van der Waals surface area contributed by atoms with Crippen LogP contribution < -0.4 is 5.73 Å². The molecule has 0 saturated heterocycles. The lowest BCUT2D eigenvalue weighted by molar-refractivity contribution is -0.0221. The van der Waals surface area contributed by atoms with Crippen molar-refractivity contribution >= 4 is 0 Å². The van der Waals surface area contributed by atoms with E-state index in [9.17, 15) is 0 Å². The highest BCUT2D eigenvalue weighted by Crippen LogP contribution is 2.21. The highest BCUT2D eigenvalue weighted by atomic mass is 16.5. The molecule has 17 heavy (non-hydrogen) atoms. The Morgan fingerprint density at radius 3 is 2.71 bits per heavy atom. The summed E-state index contributed by atoms with van der Waals surface area (Å²) in [4.78, 5) is 4.36. The monoisotopic (exact) mass is 241 g/mol. The molecule has 5 nitrogen and oxygen atoms in total. The average Bonchev–Trinajstić information content (AvgIpc) is 2.74. The molecule has 0 spiro atoms. The number of nitrogens with two attached hydrogens (primary N) is 1. The van der Waals surface area contributed by atoms with Gasteiger partial charge in [0.25, 0.3) is 0 Å². The summed E-state index contributed by atoms with van der Waals surface area (Å²) in [5.41, 5.74) is 4.96. The zero-order valence-corrected chi connectivity index (χ0v) is 11.0. The molecule has 0 amide bonds. The van der Waals surface area contributed by atoms with Crippen LogP contribution in [0.2, 0.25) is 0 Å². The summed E-state index contributed by atoms with van der Waals surface area (Å²) in [6.45, 7) is 7.22. The van der Waals surface area contributed by atoms with Crippen LogP contribution in [0.3, 0.4) is 0 Å². The molecule has 98 valence electrons. The molecule has 0 saturated carbocycles. The van der Waals surface area contributed by atoms with Gasteiger partial charge in [0, 0.05) is 13.0 Å². The van der Waals surface area contributed by atoms with Gasteiger partial charge in [-0.15, -0.1) is 0 Å². The van der Waals surface area contributed by atoms with Crippen LogP contribution in [0.25, 0.3) is 0 Å². The van der Waals surface area contributed by atoms with Gasteiger partial charge in [0.1, 0.15) is 5.60 Å². The second-order valence-electron chi connectivity index (χ2n) is 4.55. The summed E-state index contributed by atoms with van der Waals surface area (Å²) in [6, 6.07) is 0. The van der Waals surface area contributed by atoms with Gasteiger partial charge < -0.3 is 15.0 Å². The molecule has 0 atom stereocenters. The zero-order valence-electron chi connectivity index (χ0n) is 11.0. The van der Waals surface area contributed by atoms with Gasteiger partial charge in [-0.3, -0.25) is 0 Å². The lowest BCUT2D eigenvalue weighted by Gasteiger charge is -2.19. The topological polar surface area (TPSA) is 74.2 Å². The molecule has 0 fully saturated rings. The van der Waals surface area contributed by atoms with Gasteiger partial charge in [-0.1, -0.05) is 11.6 Å². The van der Waals surface area contributed by atoms with Crippen LogP contribution in [0, 0.1) is 0 Å². The van der Waals surface area contributed by atoms with Crippen LogP contribution in [-0.4, -0.2) is 23.3 Å². The molecule has 0 bridgehead atoms. The molecule has 0 aliphatic rings. The first kappa shape index (κ1) is 14.1. The summed E-state index contributed by atoms with van der Waals surface area (Å²) >= 11 is 0. The first-order valence-electron chi connectivity index (χ1n) is 6.27. The third kappa shape index (κ3) is 4.44. The molecular weight excluding hydrogens is 218 g/mol. The van der Waals surface area contributed by atoms with Crippen molar-refractivity contribution in [3.8, 4) is 0 Å². The van der Waals surface area contributed by atoms with Crippen molar-refractivity contribution in [1.29, 1.82) is 0 Å². The molecule has 1 aromatic heterocycles. The number of ether oxygens (including phenoxy) is 1. The molecule has 0 aromatic carbocycles. The van der Waals surface area contributed by atoms with Gasteiger partial charge in [-0.25, -0.2) is 0 Å². The first-order valence-corrected chi connectivity index (χ1v) is 6.27. The molecule has 1 rings (SSSR count). The predicted molar refractivity (Wildman–Crippen MR) is 65.6 cm³/mol. The minimum absolute atomic E-state index is 0.478. The van der Waals surface area contributed by atoms with E-state index in [1.165, 1.54) is 0 Å². The van der Waals surface area contributed by atoms with E-state index in [-0.39, 0.29) is 0 Å². The maximum absolute atomic E-state index is 5.57. The molecule has 5 heteroatoms. The van der Waals surface area contributed by atoms with Crippen molar-refractivity contribution in [2.45, 2.75) is 52.1 Å². The Kier molecular flexibility index (Phi) is 5.58. The van der Waals surface area contributed by atoms with E-state index in [4.69, 9.17) is 15.0 Å². The van der Waals surface area contributed by atoms with Crippen LogP contribution in [0.4, 0.5) is 0 Å². The summed E-state index contributed by atoms with van der Waals surface area (Å²) in [5, 5.41) is 3.97. The summed E-state index contributed by atoms with van der Waals surface area (Å²) < 4.78 is 10.8. The average molecular weight is 241 g/mol. The fraction of sp³-hybridized carbons (Fsp3) is 0.833. The maximum Gasteiger partial charge on any atom is 0.226 e. The fourth-order valence-corrected chi connectivity index (χ4v) is 1.62. The second kappa shape index (κ2) is 6.71. The third-order valence-corrected chi connectivity index (χ3v) is 2.61. The minimum atomic E-state index is -0.478. The van der Waals surface area contributed by atoms with Crippen molar-refractivity contribution in [3.63, 3.8) is 0 Å². The Labute approximate surface area is 103 Å². The summed E-state index contributed by atoms with van der Waals surface area (Å²) in [7, 11) is 0. The Bertz CT molecular complexity index is 323. The van der Waals surface area contributed by atoms with Crippen molar-refractivity contribution in [2.75, 3.05) is 13.2 Å². The number of hydrogen-bond donors (Lipinski definition) is 1. The standard InChI is InChI=1S/C12H23N3O2/c1-4-16-12(2,3)11-14-10(17-15-11)8-6-5-7-9-13/h4-9,13H2,1-3H3. The minimum Gasteiger partial charge on any atom is -0.368 e.